The van der Waals surface area contributed by atoms with Crippen LogP contribution in [0.25, 0.3) is 0 Å². The number of piperazine rings is 1. The van der Waals surface area contributed by atoms with Gasteiger partial charge in [0.25, 0.3) is 0 Å². The van der Waals surface area contributed by atoms with Gasteiger partial charge in [-0.3, -0.25) is 9.69 Å². The molecule has 0 atom stereocenters. The molecule has 29 heavy (non-hydrogen) atoms. The van der Waals surface area contributed by atoms with Crippen molar-refractivity contribution >= 4 is 5.78 Å². The van der Waals surface area contributed by atoms with Crippen molar-refractivity contribution in [3.05, 3.63) is 70.8 Å². The molecule has 1 N–H and O–H groups in total. The maximum absolute atomic E-state index is 12.7. The largest absolute Gasteiger partial charge is 0.313 e. The Bertz CT molecular complexity index is 797. The molecular weight excluding hydrogens is 358 g/mol. The number of carbonyl (C=O) groups excluding carboxylic acids is 1. The van der Waals surface area contributed by atoms with Gasteiger partial charge in [0.05, 0.1) is 0 Å². The molecular formula is C25H33N3O. The van der Waals surface area contributed by atoms with Crippen LogP contribution in [0, 0.1) is 0 Å². The highest BCUT2D eigenvalue weighted by molar-refractivity contribution is 5.96. The fourth-order valence-electron chi connectivity index (χ4n) is 4.45. The summed E-state index contributed by atoms with van der Waals surface area (Å²) in [6.07, 6.45) is 3.90. The first-order valence-corrected chi connectivity index (χ1v) is 11.1. The van der Waals surface area contributed by atoms with Crippen molar-refractivity contribution in [2.45, 2.75) is 38.8 Å². The molecule has 0 bridgehead atoms. The minimum atomic E-state index is 0.291. The predicted molar refractivity (Wildman–Crippen MR) is 118 cm³/mol. The Kier molecular flexibility index (Phi) is 7.09. The molecule has 2 heterocycles. The third-order valence-electron chi connectivity index (χ3n) is 6.24. The van der Waals surface area contributed by atoms with Crippen LogP contribution >= 0.6 is 0 Å². The Hall–Kier alpha value is -2.01. The zero-order valence-electron chi connectivity index (χ0n) is 17.4. The van der Waals surface area contributed by atoms with Crippen LogP contribution in [0.1, 0.15) is 46.3 Å². The number of nitrogens with one attached hydrogen (secondary N) is 1. The van der Waals surface area contributed by atoms with Gasteiger partial charge in [-0.1, -0.05) is 42.5 Å². The number of nitrogens with zero attached hydrogens (tertiary/aromatic N) is 2. The van der Waals surface area contributed by atoms with Crippen LogP contribution in [0.15, 0.2) is 48.5 Å². The van der Waals surface area contributed by atoms with Gasteiger partial charge in [-0.05, 0) is 55.1 Å². The quantitative estimate of drug-likeness (QED) is 0.733. The Morgan fingerprint density at radius 3 is 2.55 bits per heavy atom. The monoisotopic (exact) mass is 391 g/mol. The van der Waals surface area contributed by atoms with E-state index in [4.69, 9.17) is 0 Å². The molecule has 0 saturated carbocycles. The van der Waals surface area contributed by atoms with Crippen molar-refractivity contribution < 1.29 is 4.79 Å². The van der Waals surface area contributed by atoms with Crippen LogP contribution in [0.2, 0.25) is 0 Å². The Morgan fingerprint density at radius 2 is 1.72 bits per heavy atom. The molecule has 1 fully saturated rings. The van der Waals surface area contributed by atoms with Gasteiger partial charge in [-0.25, -0.2) is 0 Å². The van der Waals surface area contributed by atoms with E-state index in [9.17, 15) is 4.79 Å². The van der Waals surface area contributed by atoms with Gasteiger partial charge < -0.3 is 10.2 Å². The second kappa shape index (κ2) is 10.1. The van der Waals surface area contributed by atoms with Crippen molar-refractivity contribution in [3.8, 4) is 0 Å². The van der Waals surface area contributed by atoms with E-state index in [-0.39, 0.29) is 0 Å². The first-order chi connectivity index (χ1) is 14.3. The lowest BCUT2D eigenvalue weighted by molar-refractivity contribution is 0.0959. The van der Waals surface area contributed by atoms with E-state index >= 15 is 0 Å². The van der Waals surface area contributed by atoms with E-state index < -0.39 is 0 Å². The van der Waals surface area contributed by atoms with E-state index in [0.29, 0.717) is 12.2 Å². The zero-order chi connectivity index (χ0) is 19.9. The highest BCUT2D eigenvalue weighted by Crippen LogP contribution is 2.18. The van der Waals surface area contributed by atoms with Gasteiger partial charge in [0, 0.05) is 51.3 Å². The molecule has 2 aromatic carbocycles. The lowest BCUT2D eigenvalue weighted by Crippen LogP contribution is -2.46. The Balaban J connectivity index is 1.19. The smallest absolute Gasteiger partial charge is 0.162 e. The van der Waals surface area contributed by atoms with Gasteiger partial charge in [-0.15, -0.1) is 0 Å². The van der Waals surface area contributed by atoms with E-state index in [2.05, 4.69) is 57.6 Å². The van der Waals surface area contributed by atoms with Crippen molar-refractivity contribution in [1.82, 2.24) is 15.1 Å². The van der Waals surface area contributed by atoms with Crippen LogP contribution in [-0.4, -0.2) is 54.9 Å². The van der Waals surface area contributed by atoms with Gasteiger partial charge in [0.1, 0.15) is 0 Å². The number of benzene rings is 2. The van der Waals surface area contributed by atoms with Crippen LogP contribution in [0.4, 0.5) is 0 Å². The maximum Gasteiger partial charge on any atom is 0.162 e. The van der Waals surface area contributed by atoms with Gasteiger partial charge in [0.15, 0.2) is 5.78 Å². The summed E-state index contributed by atoms with van der Waals surface area (Å²) in [6, 6.07) is 17.0. The first kappa shape index (κ1) is 20.3. The maximum atomic E-state index is 12.7. The fourth-order valence-corrected chi connectivity index (χ4v) is 4.45. The summed E-state index contributed by atoms with van der Waals surface area (Å²) in [5.41, 5.74) is 4.99. The molecule has 2 aliphatic heterocycles. The Labute approximate surface area is 174 Å². The third kappa shape index (κ3) is 5.75. The number of carbonyl (C=O) groups is 1. The van der Waals surface area contributed by atoms with Crippen LogP contribution in [0.3, 0.4) is 0 Å². The molecule has 4 nitrogen and oxygen atoms in total. The van der Waals surface area contributed by atoms with Crippen molar-refractivity contribution in [2.24, 2.45) is 0 Å². The minimum absolute atomic E-state index is 0.291. The summed E-state index contributed by atoms with van der Waals surface area (Å²) in [5, 5.41) is 3.45. The highest BCUT2D eigenvalue weighted by Gasteiger charge is 2.17. The van der Waals surface area contributed by atoms with E-state index in [1.807, 2.05) is 6.07 Å². The standard InChI is InChI=1S/C25H33N3O/c29-25(23-11-10-22-8-4-12-26-19-24(22)18-23)9-5-13-27-14-16-28(17-15-27)20-21-6-2-1-3-7-21/h1-3,6-7,10-11,18,26H,4-5,8-9,12-17,19-20H2. The van der Waals surface area contributed by atoms with Crippen molar-refractivity contribution in [3.63, 3.8) is 0 Å². The normalized spacial score (nSPS) is 18.2. The van der Waals surface area contributed by atoms with Gasteiger partial charge in [0.2, 0.25) is 0 Å². The summed E-state index contributed by atoms with van der Waals surface area (Å²) in [5.74, 6) is 0.291. The summed E-state index contributed by atoms with van der Waals surface area (Å²) >= 11 is 0. The first-order valence-electron chi connectivity index (χ1n) is 11.1. The Morgan fingerprint density at radius 1 is 0.931 bits per heavy atom. The topological polar surface area (TPSA) is 35.6 Å². The second-order valence-electron chi connectivity index (χ2n) is 8.39. The molecule has 154 valence electrons. The molecule has 0 unspecified atom stereocenters. The molecule has 0 amide bonds. The average Bonchev–Trinajstić information content (AvgIpc) is 3.00. The summed E-state index contributed by atoms with van der Waals surface area (Å²) in [4.78, 5) is 17.7. The zero-order valence-corrected chi connectivity index (χ0v) is 17.4. The van der Waals surface area contributed by atoms with Crippen molar-refractivity contribution in [1.29, 1.82) is 0 Å². The van der Waals surface area contributed by atoms with Gasteiger partial charge >= 0.3 is 0 Å². The lowest BCUT2D eigenvalue weighted by atomic mass is 9.98. The van der Waals surface area contributed by atoms with E-state index in [1.54, 1.807) is 0 Å². The fraction of sp³-hybridized carbons (Fsp3) is 0.480. The molecule has 4 rings (SSSR count). The number of hydrogen-bond donors (Lipinski definition) is 1. The minimum Gasteiger partial charge on any atom is -0.313 e. The summed E-state index contributed by atoms with van der Waals surface area (Å²) in [6.45, 7) is 8.45. The summed E-state index contributed by atoms with van der Waals surface area (Å²) in [7, 11) is 0. The highest BCUT2D eigenvalue weighted by atomic mass is 16.1. The second-order valence-corrected chi connectivity index (χ2v) is 8.39. The molecule has 2 aliphatic rings. The van der Waals surface area contributed by atoms with Crippen LogP contribution < -0.4 is 5.32 Å². The molecule has 0 radical (unpaired) electrons. The average molecular weight is 392 g/mol. The van der Waals surface area contributed by atoms with Crippen molar-refractivity contribution in [2.75, 3.05) is 39.3 Å². The number of aryl methyl sites for hydroxylation is 1. The van der Waals surface area contributed by atoms with Gasteiger partial charge in [-0.2, -0.15) is 0 Å². The van der Waals surface area contributed by atoms with E-state index in [1.165, 1.54) is 23.1 Å². The molecule has 2 aromatic rings. The molecule has 0 aromatic heterocycles. The summed E-state index contributed by atoms with van der Waals surface area (Å²) < 4.78 is 0. The SMILES string of the molecule is O=C(CCCN1CCN(Cc2ccccc2)CC1)c1ccc2c(c1)CNCCC2. The number of hydrogen-bond acceptors (Lipinski definition) is 4. The molecule has 0 aliphatic carbocycles. The van der Waals surface area contributed by atoms with E-state index in [0.717, 1.165) is 70.8 Å². The van der Waals surface area contributed by atoms with Crippen LogP contribution in [-0.2, 0) is 19.5 Å². The number of rotatable bonds is 7. The molecule has 1 saturated heterocycles. The molecule has 0 spiro atoms. The third-order valence-corrected chi connectivity index (χ3v) is 6.24. The number of ketones is 1. The number of Topliss-reactive ketones (excluding diaryl/α,β-unsaturated/α-hetero) is 1. The molecule has 4 heteroatoms. The lowest BCUT2D eigenvalue weighted by Gasteiger charge is -2.34. The predicted octanol–water partition coefficient (Wildman–Crippen LogP) is 3.50. The number of fused-ring (bicyclic) bond motifs is 1. The van der Waals surface area contributed by atoms with Crippen LogP contribution in [0.5, 0.6) is 0 Å².